The zero-order chi connectivity index (χ0) is 13.8. The molecule has 0 radical (unpaired) electrons. The van der Waals surface area contributed by atoms with Gasteiger partial charge in [-0.1, -0.05) is 12.1 Å². The first-order valence-corrected chi connectivity index (χ1v) is 6.02. The second kappa shape index (κ2) is 5.52. The Kier molecular flexibility index (Phi) is 3.80. The van der Waals surface area contributed by atoms with E-state index in [1.165, 1.54) is 0 Å². The van der Waals surface area contributed by atoms with Gasteiger partial charge in [0.25, 0.3) is 0 Å². The monoisotopic (exact) mass is 255 g/mol. The highest BCUT2D eigenvalue weighted by Crippen LogP contribution is 2.31. The highest BCUT2D eigenvalue weighted by molar-refractivity contribution is 5.63. The third-order valence-electron chi connectivity index (χ3n) is 2.82. The minimum absolute atomic E-state index is 0.606. The number of rotatable bonds is 3. The van der Waals surface area contributed by atoms with E-state index in [9.17, 15) is 0 Å². The average molecular weight is 255 g/mol. The van der Waals surface area contributed by atoms with Crippen LogP contribution in [0.5, 0.6) is 5.75 Å². The van der Waals surface area contributed by atoms with Crippen LogP contribution in [0.1, 0.15) is 11.1 Å². The number of anilines is 1. The number of methoxy groups -OCH3 is 1. The molecule has 0 fully saturated rings. The van der Waals surface area contributed by atoms with Gasteiger partial charge in [0.15, 0.2) is 0 Å². The predicted molar refractivity (Wildman–Crippen MR) is 77.5 cm³/mol. The molecule has 2 rings (SSSR count). The van der Waals surface area contributed by atoms with Crippen molar-refractivity contribution in [2.45, 2.75) is 13.8 Å². The van der Waals surface area contributed by atoms with Crippen LogP contribution in [0.2, 0.25) is 0 Å². The van der Waals surface area contributed by atoms with Gasteiger partial charge in [-0.25, -0.2) is 0 Å². The normalized spacial score (nSPS) is 10.9. The van der Waals surface area contributed by atoms with E-state index in [-0.39, 0.29) is 0 Å². The van der Waals surface area contributed by atoms with Crippen LogP contribution in [0.25, 0.3) is 0 Å². The molecule has 0 heterocycles. The standard InChI is InChI=1S/C15H17N3O/c1-10-5-4-6-12(7-10)17-18-14-9-15(19-3)13(16)8-11(14)2/h4-9H,16H2,1-3H3. The smallest absolute Gasteiger partial charge is 0.143 e. The lowest BCUT2D eigenvalue weighted by atomic mass is 10.1. The number of nitrogens with two attached hydrogens (primary N) is 1. The van der Waals surface area contributed by atoms with Gasteiger partial charge in [-0.15, -0.1) is 0 Å². The zero-order valence-corrected chi connectivity index (χ0v) is 11.3. The van der Waals surface area contributed by atoms with E-state index in [0.29, 0.717) is 11.4 Å². The molecule has 0 saturated heterocycles. The number of benzene rings is 2. The van der Waals surface area contributed by atoms with Gasteiger partial charge in [0.05, 0.1) is 24.2 Å². The van der Waals surface area contributed by atoms with Crippen molar-refractivity contribution in [2.75, 3.05) is 12.8 Å². The topological polar surface area (TPSA) is 60.0 Å². The van der Waals surface area contributed by atoms with Crippen molar-refractivity contribution in [1.82, 2.24) is 0 Å². The summed E-state index contributed by atoms with van der Waals surface area (Å²) in [6, 6.07) is 11.5. The summed E-state index contributed by atoms with van der Waals surface area (Å²) < 4.78 is 5.19. The van der Waals surface area contributed by atoms with E-state index in [2.05, 4.69) is 10.2 Å². The molecule has 0 atom stereocenters. The van der Waals surface area contributed by atoms with E-state index in [1.54, 1.807) is 13.2 Å². The largest absolute Gasteiger partial charge is 0.495 e. The van der Waals surface area contributed by atoms with Crippen LogP contribution < -0.4 is 10.5 Å². The summed E-state index contributed by atoms with van der Waals surface area (Å²) in [6.45, 7) is 3.97. The van der Waals surface area contributed by atoms with Crippen LogP contribution in [0.15, 0.2) is 46.6 Å². The Morgan fingerprint density at radius 1 is 1.05 bits per heavy atom. The number of aryl methyl sites for hydroxylation is 2. The van der Waals surface area contributed by atoms with Crippen LogP contribution in [0.4, 0.5) is 17.1 Å². The number of ether oxygens (including phenoxy) is 1. The second-order valence-corrected chi connectivity index (χ2v) is 4.42. The fraction of sp³-hybridized carbons (Fsp3) is 0.200. The van der Waals surface area contributed by atoms with Gasteiger partial charge in [-0.05, 0) is 43.2 Å². The number of nitrogens with zero attached hydrogens (tertiary/aromatic N) is 2. The SMILES string of the molecule is COc1cc(N=Nc2cccc(C)c2)c(C)cc1N. The van der Waals surface area contributed by atoms with Crippen molar-refractivity contribution in [1.29, 1.82) is 0 Å². The summed E-state index contributed by atoms with van der Waals surface area (Å²) in [5.74, 6) is 0.615. The van der Waals surface area contributed by atoms with E-state index in [0.717, 1.165) is 22.5 Å². The van der Waals surface area contributed by atoms with E-state index >= 15 is 0 Å². The van der Waals surface area contributed by atoms with Gasteiger partial charge in [-0.3, -0.25) is 0 Å². The molecule has 0 saturated carbocycles. The molecule has 19 heavy (non-hydrogen) atoms. The minimum atomic E-state index is 0.606. The second-order valence-electron chi connectivity index (χ2n) is 4.42. The van der Waals surface area contributed by atoms with Crippen LogP contribution in [0.3, 0.4) is 0 Å². The minimum Gasteiger partial charge on any atom is -0.495 e. The van der Waals surface area contributed by atoms with Gasteiger partial charge >= 0.3 is 0 Å². The van der Waals surface area contributed by atoms with Crippen molar-refractivity contribution >= 4 is 17.1 Å². The summed E-state index contributed by atoms with van der Waals surface area (Å²) in [4.78, 5) is 0. The molecule has 0 unspecified atom stereocenters. The van der Waals surface area contributed by atoms with Crippen molar-refractivity contribution < 1.29 is 4.74 Å². The first kappa shape index (κ1) is 13.1. The van der Waals surface area contributed by atoms with Crippen molar-refractivity contribution in [3.05, 3.63) is 47.5 Å². The molecule has 0 bridgehead atoms. The fourth-order valence-corrected chi connectivity index (χ4v) is 1.79. The zero-order valence-electron chi connectivity index (χ0n) is 11.3. The van der Waals surface area contributed by atoms with E-state index in [4.69, 9.17) is 10.5 Å². The summed E-state index contributed by atoms with van der Waals surface area (Å²) >= 11 is 0. The number of hydrogen-bond donors (Lipinski definition) is 1. The summed E-state index contributed by atoms with van der Waals surface area (Å²) in [5.41, 5.74) is 10.1. The van der Waals surface area contributed by atoms with Gasteiger partial charge in [0, 0.05) is 6.07 Å². The molecule has 0 aliphatic carbocycles. The maximum absolute atomic E-state index is 5.83. The molecule has 0 spiro atoms. The Labute approximate surface area is 112 Å². The van der Waals surface area contributed by atoms with Gasteiger partial charge in [-0.2, -0.15) is 10.2 Å². The first-order chi connectivity index (χ1) is 9.10. The Bertz CT molecular complexity index is 621. The molecule has 0 amide bonds. The fourth-order valence-electron chi connectivity index (χ4n) is 1.79. The van der Waals surface area contributed by atoms with Crippen molar-refractivity contribution in [3.63, 3.8) is 0 Å². The molecule has 4 heteroatoms. The molecule has 0 aromatic heterocycles. The summed E-state index contributed by atoms with van der Waals surface area (Å²) in [6.07, 6.45) is 0. The molecule has 0 aliphatic heterocycles. The lowest BCUT2D eigenvalue weighted by Gasteiger charge is -2.07. The first-order valence-electron chi connectivity index (χ1n) is 6.02. The van der Waals surface area contributed by atoms with Gasteiger partial charge in [0.1, 0.15) is 5.75 Å². The molecular formula is C15H17N3O. The molecule has 0 aliphatic rings. The Morgan fingerprint density at radius 2 is 1.84 bits per heavy atom. The predicted octanol–water partition coefficient (Wildman–Crippen LogP) is 4.31. The van der Waals surface area contributed by atoms with E-state index < -0.39 is 0 Å². The van der Waals surface area contributed by atoms with Gasteiger partial charge < -0.3 is 10.5 Å². The van der Waals surface area contributed by atoms with Crippen LogP contribution in [0, 0.1) is 13.8 Å². The number of azo groups is 1. The summed E-state index contributed by atoms with van der Waals surface area (Å²) in [5, 5.41) is 8.49. The van der Waals surface area contributed by atoms with Crippen molar-refractivity contribution in [2.24, 2.45) is 10.2 Å². The third-order valence-corrected chi connectivity index (χ3v) is 2.82. The number of nitrogen functional groups attached to an aromatic ring is 1. The van der Waals surface area contributed by atoms with Gasteiger partial charge in [0.2, 0.25) is 0 Å². The maximum Gasteiger partial charge on any atom is 0.143 e. The molecule has 98 valence electrons. The highest BCUT2D eigenvalue weighted by atomic mass is 16.5. The Hall–Kier alpha value is -2.36. The lowest BCUT2D eigenvalue weighted by molar-refractivity contribution is 0.417. The Morgan fingerprint density at radius 3 is 2.53 bits per heavy atom. The van der Waals surface area contributed by atoms with Crippen LogP contribution in [-0.2, 0) is 0 Å². The number of hydrogen-bond acceptors (Lipinski definition) is 4. The van der Waals surface area contributed by atoms with Crippen LogP contribution >= 0.6 is 0 Å². The van der Waals surface area contributed by atoms with Crippen LogP contribution in [-0.4, -0.2) is 7.11 Å². The van der Waals surface area contributed by atoms with Crippen molar-refractivity contribution in [3.8, 4) is 5.75 Å². The Balaban J connectivity index is 2.33. The summed E-state index contributed by atoms with van der Waals surface area (Å²) in [7, 11) is 1.59. The molecule has 2 N–H and O–H groups in total. The lowest BCUT2D eigenvalue weighted by Crippen LogP contribution is -1.92. The quantitative estimate of drug-likeness (QED) is 0.656. The molecular weight excluding hydrogens is 238 g/mol. The average Bonchev–Trinajstić information content (AvgIpc) is 2.38. The molecule has 4 nitrogen and oxygen atoms in total. The van der Waals surface area contributed by atoms with E-state index in [1.807, 2.05) is 44.2 Å². The highest BCUT2D eigenvalue weighted by Gasteiger charge is 2.04. The molecule has 2 aromatic carbocycles. The maximum atomic E-state index is 5.83. The third kappa shape index (κ3) is 3.10. The molecule has 2 aromatic rings.